The highest BCUT2D eigenvalue weighted by Crippen LogP contribution is 2.30. The smallest absolute Gasteiger partial charge is 0.410 e. The van der Waals surface area contributed by atoms with E-state index >= 15 is 0 Å². The summed E-state index contributed by atoms with van der Waals surface area (Å²) in [4.78, 5) is 41.8. The molecular weight excluding hydrogens is 694 g/mol. The van der Waals surface area contributed by atoms with Gasteiger partial charge in [-0.05, 0) is 74.1 Å². The van der Waals surface area contributed by atoms with Crippen LogP contribution in [0.2, 0.25) is 5.02 Å². The molecule has 0 radical (unpaired) electrons. The maximum absolute atomic E-state index is 14.2. The van der Waals surface area contributed by atoms with E-state index in [1.165, 1.54) is 7.11 Å². The van der Waals surface area contributed by atoms with E-state index in [9.17, 15) is 14.4 Å². The van der Waals surface area contributed by atoms with Crippen LogP contribution in [0.5, 0.6) is 0 Å². The van der Waals surface area contributed by atoms with Gasteiger partial charge < -0.3 is 34.5 Å². The minimum atomic E-state index is -1.00. The van der Waals surface area contributed by atoms with Gasteiger partial charge in [-0.25, -0.2) is 9.59 Å². The van der Waals surface area contributed by atoms with Crippen LogP contribution in [-0.2, 0) is 36.8 Å². The van der Waals surface area contributed by atoms with Gasteiger partial charge in [0.1, 0.15) is 11.6 Å². The van der Waals surface area contributed by atoms with Crippen molar-refractivity contribution in [2.45, 2.75) is 70.0 Å². The number of nitrogens with zero attached hydrogens (tertiary/aromatic N) is 1. The largest absolute Gasteiger partial charge is 0.453 e. The average Bonchev–Trinajstić information content (AvgIpc) is 3.15. The van der Waals surface area contributed by atoms with Gasteiger partial charge in [0.2, 0.25) is 5.91 Å². The Kier molecular flexibility index (Phi) is 13.9. The number of ether oxygens (including phenoxy) is 4. The maximum Gasteiger partial charge on any atom is 0.410 e. The van der Waals surface area contributed by atoms with E-state index in [4.69, 9.17) is 30.5 Å². The SMILES string of the molecule is COC(=O)N[C@H](C(=O)Nc1ccccc1CC[C@@H]1CN(C(=O)OC(C)(C)C)C[C@@H](COCc2ccc(Cl)cc2)O1)C(c1ccccc1)c1ccccc1. The minimum Gasteiger partial charge on any atom is -0.453 e. The van der Waals surface area contributed by atoms with Crippen LogP contribution >= 0.6 is 11.6 Å². The molecule has 5 rings (SSSR count). The highest BCUT2D eigenvalue weighted by molar-refractivity contribution is 6.30. The predicted octanol–water partition coefficient (Wildman–Crippen LogP) is 7.99. The predicted molar refractivity (Wildman–Crippen MR) is 205 cm³/mol. The van der Waals surface area contributed by atoms with Gasteiger partial charge in [-0.1, -0.05) is 103 Å². The van der Waals surface area contributed by atoms with Crippen molar-refractivity contribution in [1.29, 1.82) is 0 Å². The molecule has 3 atom stereocenters. The van der Waals surface area contributed by atoms with Gasteiger partial charge in [-0.2, -0.15) is 0 Å². The quantitative estimate of drug-likeness (QED) is 0.143. The van der Waals surface area contributed by atoms with Crippen molar-refractivity contribution in [2.75, 3.05) is 32.1 Å². The van der Waals surface area contributed by atoms with Crippen LogP contribution in [0, 0.1) is 0 Å². The van der Waals surface area contributed by atoms with Crippen LogP contribution < -0.4 is 10.6 Å². The molecule has 280 valence electrons. The molecule has 0 aliphatic carbocycles. The van der Waals surface area contributed by atoms with Gasteiger partial charge in [0.25, 0.3) is 0 Å². The number of hydrogen-bond acceptors (Lipinski definition) is 7. The first kappa shape index (κ1) is 39.3. The molecule has 0 saturated carbocycles. The molecule has 1 aliphatic rings. The fraction of sp³-hybridized carbons (Fsp3) is 0.357. The number of aryl methyl sites for hydroxylation is 1. The number of amides is 3. The molecule has 11 heteroatoms. The number of benzene rings is 4. The number of halogens is 1. The Morgan fingerprint density at radius 1 is 0.849 bits per heavy atom. The van der Waals surface area contributed by atoms with Gasteiger partial charge in [-0.15, -0.1) is 0 Å². The zero-order valence-electron chi connectivity index (χ0n) is 30.6. The number of alkyl carbamates (subject to hydrolysis) is 1. The van der Waals surface area contributed by atoms with Crippen LogP contribution in [0.25, 0.3) is 0 Å². The van der Waals surface area contributed by atoms with E-state index in [1.807, 2.05) is 130 Å². The molecule has 4 aromatic carbocycles. The third-order valence-electron chi connectivity index (χ3n) is 8.77. The van der Waals surface area contributed by atoms with Crippen LogP contribution in [0.15, 0.2) is 109 Å². The standard InChI is InChI=1S/C42H48ClN3O7/c1-42(2,3)53-41(49)46-25-34(52-35(26-46)28-51-27-29-19-22-33(43)23-20-29)24-21-30-13-11-12-18-36(30)44-39(47)38(45-40(48)50-4)37(31-14-7-5-8-15-31)32-16-9-6-10-17-32/h5-20,22-23,34-35,37-38H,21,24-28H2,1-4H3,(H,44,47)(H,45,48)/t34-,35+,38+/m1/s1. The summed E-state index contributed by atoms with van der Waals surface area (Å²) in [6, 6.07) is 33.2. The molecule has 1 saturated heterocycles. The Hall–Kier alpha value is -4.90. The molecule has 1 heterocycles. The first-order chi connectivity index (χ1) is 25.5. The molecule has 1 aliphatic heterocycles. The second kappa shape index (κ2) is 18.7. The zero-order chi connectivity index (χ0) is 37.8. The van der Waals surface area contributed by atoms with Crippen LogP contribution in [-0.4, -0.2) is 73.7 Å². The van der Waals surface area contributed by atoms with Crippen molar-refractivity contribution < 1.29 is 33.3 Å². The molecule has 0 unspecified atom stereocenters. The molecule has 0 aromatic heterocycles. The summed E-state index contributed by atoms with van der Waals surface area (Å²) >= 11 is 6.03. The van der Waals surface area contributed by atoms with Gasteiger partial charge in [0.15, 0.2) is 0 Å². The summed E-state index contributed by atoms with van der Waals surface area (Å²) < 4.78 is 23.2. The van der Waals surface area contributed by atoms with E-state index in [0.717, 1.165) is 22.3 Å². The Balaban J connectivity index is 1.31. The minimum absolute atomic E-state index is 0.281. The molecule has 4 aromatic rings. The lowest BCUT2D eigenvalue weighted by Gasteiger charge is -2.38. The fourth-order valence-electron chi connectivity index (χ4n) is 6.31. The van der Waals surface area contributed by atoms with Gasteiger partial charge in [-0.3, -0.25) is 4.79 Å². The summed E-state index contributed by atoms with van der Waals surface area (Å²) in [5.41, 5.74) is 3.54. The number of rotatable bonds is 13. The van der Waals surface area contributed by atoms with Crippen molar-refractivity contribution in [3.63, 3.8) is 0 Å². The molecule has 10 nitrogen and oxygen atoms in total. The lowest BCUT2D eigenvalue weighted by atomic mass is 9.84. The third kappa shape index (κ3) is 11.8. The Morgan fingerprint density at radius 2 is 1.45 bits per heavy atom. The highest BCUT2D eigenvalue weighted by Gasteiger charge is 2.35. The normalized spacial score (nSPS) is 16.5. The van der Waals surface area contributed by atoms with Crippen molar-refractivity contribution in [1.82, 2.24) is 10.2 Å². The maximum atomic E-state index is 14.2. The van der Waals surface area contributed by atoms with E-state index in [0.29, 0.717) is 43.2 Å². The summed E-state index contributed by atoms with van der Waals surface area (Å²) in [6.45, 7) is 6.86. The first-order valence-electron chi connectivity index (χ1n) is 17.8. The van der Waals surface area contributed by atoms with E-state index < -0.39 is 35.7 Å². The number of nitrogens with one attached hydrogen (secondary N) is 2. The van der Waals surface area contributed by atoms with Crippen LogP contribution in [0.4, 0.5) is 15.3 Å². The fourth-order valence-corrected chi connectivity index (χ4v) is 6.44. The van der Waals surface area contributed by atoms with Gasteiger partial charge in [0, 0.05) is 16.6 Å². The number of methoxy groups -OCH3 is 1. The number of hydrogen-bond donors (Lipinski definition) is 2. The van der Waals surface area contributed by atoms with E-state index in [2.05, 4.69) is 10.6 Å². The van der Waals surface area contributed by atoms with Crippen LogP contribution in [0.1, 0.15) is 55.4 Å². The number of anilines is 1. The van der Waals surface area contributed by atoms with Gasteiger partial charge in [0.05, 0.1) is 45.6 Å². The monoisotopic (exact) mass is 741 g/mol. The molecule has 1 fully saturated rings. The third-order valence-corrected chi connectivity index (χ3v) is 9.03. The summed E-state index contributed by atoms with van der Waals surface area (Å²) in [5.74, 6) is -0.902. The number of para-hydroxylation sites is 1. The Morgan fingerprint density at radius 3 is 2.08 bits per heavy atom. The second-order valence-corrected chi connectivity index (χ2v) is 14.4. The molecule has 0 spiro atoms. The molecule has 2 N–H and O–H groups in total. The van der Waals surface area contributed by atoms with Crippen LogP contribution in [0.3, 0.4) is 0 Å². The summed E-state index contributed by atoms with van der Waals surface area (Å²) in [5, 5.41) is 6.54. The number of morpholine rings is 1. The Bertz CT molecular complexity index is 1740. The lowest BCUT2D eigenvalue weighted by molar-refractivity contribution is -0.118. The number of carbonyl (C=O) groups excluding carboxylic acids is 3. The molecule has 53 heavy (non-hydrogen) atoms. The summed E-state index contributed by atoms with van der Waals surface area (Å²) in [6.07, 6.45) is -0.722. The first-order valence-corrected chi connectivity index (χ1v) is 18.2. The highest BCUT2D eigenvalue weighted by atomic mass is 35.5. The average molecular weight is 742 g/mol. The van der Waals surface area contributed by atoms with Crippen molar-refractivity contribution >= 4 is 35.4 Å². The lowest BCUT2D eigenvalue weighted by Crippen LogP contribution is -2.52. The molecular formula is C42H48ClN3O7. The van der Waals surface area contributed by atoms with Crippen molar-refractivity contribution in [2.24, 2.45) is 0 Å². The molecule has 3 amide bonds. The topological polar surface area (TPSA) is 115 Å². The van der Waals surface area contributed by atoms with Crippen molar-refractivity contribution in [3.8, 4) is 0 Å². The van der Waals surface area contributed by atoms with Gasteiger partial charge >= 0.3 is 12.2 Å². The van der Waals surface area contributed by atoms with E-state index in [-0.39, 0.29) is 18.8 Å². The van der Waals surface area contributed by atoms with Crippen molar-refractivity contribution in [3.05, 3.63) is 136 Å². The second-order valence-electron chi connectivity index (χ2n) is 14.0. The Labute approximate surface area is 316 Å². The zero-order valence-corrected chi connectivity index (χ0v) is 31.4. The molecule has 0 bridgehead atoms. The number of carbonyl (C=O) groups is 3. The van der Waals surface area contributed by atoms with E-state index in [1.54, 1.807) is 4.90 Å². The summed E-state index contributed by atoms with van der Waals surface area (Å²) in [7, 11) is 1.27.